The second-order valence-electron chi connectivity index (χ2n) is 4.68. The molecule has 98 valence electrons. The Bertz CT molecular complexity index is 442. The number of aryl methyl sites for hydroxylation is 1. The Kier molecular flexibility index (Phi) is 4.09. The van der Waals surface area contributed by atoms with Gasteiger partial charge in [-0.3, -0.25) is 0 Å². The van der Waals surface area contributed by atoms with Crippen LogP contribution in [0.1, 0.15) is 5.56 Å². The number of likely N-dealkylation sites (N-methyl/N-ethyl adjacent to an activating group) is 1. The Morgan fingerprint density at radius 1 is 1.28 bits per heavy atom. The van der Waals surface area contributed by atoms with E-state index in [1.807, 2.05) is 24.0 Å². The molecular weight excluding hydrogens is 250 g/mol. The van der Waals surface area contributed by atoms with E-state index in [1.54, 1.807) is 6.07 Å². The smallest absolute Gasteiger partial charge is 0.321 e. The zero-order chi connectivity index (χ0) is 13.1. The first-order chi connectivity index (χ1) is 8.56. The van der Waals surface area contributed by atoms with E-state index in [9.17, 15) is 4.79 Å². The Morgan fingerprint density at radius 3 is 2.56 bits per heavy atom. The second kappa shape index (κ2) is 5.59. The summed E-state index contributed by atoms with van der Waals surface area (Å²) >= 11 is 5.89. The van der Waals surface area contributed by atoms with Crippen LogP contribution in [0, 0.1) is 6.92 Å². The number of hydrogen-bond donors (Lipinski definition) is 1. The van der Waals surface area contributed by atoms with Crippen LogP contribution in [0.3, 0.4) is 0 Å². The van der Waals surface area contributed by atoms with Crippen LogP contribution in [0.2, 0.25) is 5.02 Å². The maximum Gasteiger partial charge on any atom is 0.321 e. The van der Waals surface area contributed by atoms with E-state index < -0.39 is 0 Å². The van der Waals surface area contributed by atoms with Crippen molar-refractivity contribution >= 4 is 23.3 Å². The number of nitrogens with one attached hydrogen (secondary N) is 1. The predicted molar refractivity (Wildman–Crippen MR) is 74.3 cm³/mol. The summed E-state index contributed by atoms with van der Waals surface area (Å²) in [6.07, 6.45) is 0. The van der Waals surface area contributed by atoms with Crippen molar-refractivity contribution in [3.8, 4) is 0 Å². The summed E-state index contributed by atoms with van der Waals surface area (Å²) in [6.45, 7) is 5.33. The minimum Gasteiger partial charge on any atom is -0.322 e. The molecule has 0 aliphatic carbocycles. The average molecular weight is 268 g/mol. The van der Waals surface area contributed by atoms with Crippen LogP contribution >= 0.6 is 11.6 Å². The van der Waals surface area contributed by atoms with Crippen molar-refractivity contribution in [1.29, 1.82) is 0 Å². The largest absolute Gasteiger partial charge is 0.322 e. The molecule has 18 heavy (non-hydrogen) atoms. The first kappa shape index (κ1) is 13.2. The van der Waals surface area contributed by atoms with Gasteiger partial charge in [-0.05, 0) is 37.7 Å². The zero-order valence-electron chi connectivity index (χ0n) is 10.7. The normalized spacial score (nSPS) is 16.7. The van der Waals surface area contributed by atoms with Crippen molar-refractivity contribution in [3.63, 3.8) is 0 Å². The molecule has 2 amide bonds. The molecule has 0 atom stereocenters. The molecule has 1 aliphatic rings. The third kappa shape index (κ3) is 3.15. The molecule has 1 aromatic carbocycles. The fourth-order valence-corrected chi connectivity index (χ4v) is 2.20. The summed E-state index contributed by atoms with van der Waals surface area (Å²) in [7, 11) is 2.07. The number of amides is 2. The van der Waals surface area contributed by atoms with Gasteiger partial charge in [0.05, 0.1) is 0 Å². The molecule has 1 aliphatic heterocycles. The number of nitrogens with zero attached hydrogens (tertiary/aromatic N) is 2. The number of carbonyl (C=O) groups is 1. The van der Waals surface area contributed by atoms with Crippen LogP contribution in [-0.2, 0) is 0 Å². The fourth-order valence-electron chi connectivity index (χ4n) is 1.97. The van der Waals surface area contributed by atoms with Crippen molar-refractivity contribution in [2.75, 3.05) is 38.5 Å². The van der Waals surface area contributed by atoms with Crippen LogP contribution in [0.5, 0.6) is 0 Å². The number of piperazine rings is 1. The molecule has 0 bridgehead atoms. The van der Waals surface area contributed by atoms with Crippen LogP contribution in [-0.4, -0.2) is 49.1 Å². The molecular formula is C13H18ClN3O. The first-order valence-electron chi connectivity index (χ1n) is 6.07. The summed E-state index contributed by atoms with van der Waals surface area (Å²) < 4.78 is 0. The Morgan fingerprint density at radius 2 is 1.94 bits per heavy atom. The quantitative estimate of drug-likeness (QED) is 0.848. The fraction of sp³-hybridized carbons (Fsp3) is 0.462. The number of urea groups is 1. The number of halogens is 1. The summed E-state index contributed by atoms with van der Waals surface area (Å²) in [6, 6.07) is 5.44. The van der Waals surface area contributed by atoms with Crippen molar-refractivity contribution in [1.82, 2.24) is 9.80 Å². The molecule has 1 heterocycles. The average Bonchev–Trinajstić information content (AvgIpc) is 2.33. The SMILES string of the molecule is Cc1cc(Cl)ccc1NC(=O)N1CCN(C)CC1. The van der Waals surface area contributed by atoms with E-state index >= 15 is 0 Å². The molecule has 4 nitrogen and oxygen atoms in total. The standard InChI is InChI=1S/C13H18ClN3O/c1-10-9-11(14)3-4-12(10)15-13(18)17-7-5-16(2)6-8-17/h3-4,9H,5-8H2,1-2H3,(H,15,18). The van der Waals surface area contributed by atoms with Gasteiger partial charge in [0, 0.05) is 36.9 Å². The van der Waals surface area contributed by atoms with Crippen molar-refractivity contribution < 1.29 is 4.79 Å². The monoisotopic (exact) mass is 267 g/mol. The van der Waals surface area contributed by atoms with E-state index in [0.717, 1.165) is 37.4 Å². The highest BCUT2D eigenvalue weighted by atomic mass is 35.5. The number of anilines is 1. The van der Waals surface area contributed by atoms with E-state index in [4.69, 9.17) is 11.6 Å². The number of rotatable bonds is 1. The first-order valence-corrected chi connectivity index (χ1v) is 6.44. The minimum atomic E-state index is -0.0338. The molecule has 0 saturated carbocycles. The van der Waals surface area contributed by atoms with Crippen LogP contribution in [0.15, 0.2) is 18.2 Å². The van der Waals surface area contributed by atoms with Crippen LogP contribution in [0.25, 0.3) is 0 Å². The number of carbonyl (C=O) groups excluding carboxylic acids is 1. The lowest BCUT2D eigenvalue weighted by Crippen LogP contribution is -2.48. The van der Waals surface area contributed by atoms with E-state index in [2.05, 4.69) is 17.3 Å². The number of benzene rings is 1. The van der Waals surface area contributed by atoms with Crippen molar-refractivity contribution in [2.24, 2.45) is 0 Å². The summed E-state index contributed by atoms with van der Waals surface area (Å²) in [5.41, 5.74) is 1.80. The van der Waals surface area contributed by atoms with E-state index in [-0.39, 0.29) is 6.03 Å². The predicted octanol–water partition coefficient (Wildman–Crippen LogP) is 2.43. The summed E-state index contributed by atoms with van der Waals surface area (Å²) in [4.78, 5) is 16.1. The zero-order valence-corrected chi connectivity index (χ0v) is 11.5. The Labute approximate surface area is 113 Å². The lowest BCUT2D eigenvalue weighted by Gasteiger charge is -2.32. The third-order valence-electron chi connectivity index (χ3n) is 3.22. The van der Waals surface area contributed by atoms with Gasteiger partial charge in [-0.15, -0.1) is 0 Å². The van der Waals surface area contributed by atoms with Gasteiger partial charge in [-0.2, -0.15) is 0 Å². The summed E-state index contributed by atoms with van der Waals surface area (Å²) in [5, 5.41) is 3.62. The lowest BCUT2D eigenvalue weighted by atomic mass is 10.2. The van der Waals surface area contributed by atoms with Gasteiger partial charge >= 0.3 is 6.03 Å². The number of hydrogen-bond acceptors (Lipinski definition) is 2. The molecule has 0 unspecified atom stereocenters. The second-order valence-corrected chi connectivity index (χ2v) is 5.12. The molecule has 1 N–H and O–H groups in total. The van der Waals surface area contributed by atoms with Gasteiger partial charge in [0.1, 0.15) is 0 Å². The minimum absolute atomic E-state index is 0.0338. The molecule has 5 heteroatoms. The van der Waals surface area contributed by atoms with Gasteiger partial charge in [0.2, 0.25) is 0 Å². The molecule has 1 saturated heterocycles. The van der Waals surface area contributed by atoms with Gasteiger partial charge in [0.15, 0.2) is 0 Å². The lowest BCUT2D eigenvalue weighted by molar-refractivity contribution is 0.164. The van der Waals surface area contributed by atoms with Crippen molar-refractivity contribution in [2.45, 2.75) is 6.92 Å². The van der Waals surface area contributed by atoms with E-state index in [1.165, 1.54) is 0 Å². The molecule has 0 aromatic heterocycles. The maximum atomic E-state index is 12.1. The highest BCUT2D eigenvalue weighted by Gasteiger charge is 2.19. The Hall–Kier alpha value is -1.26. The Balaban J connectivity index is 1.98. The molecule has 1 fully saturated rings. The highest BCUT2D eigenvalue weighted by Crippen LogP contribution is 2.20. The molecule has 0 radical (unpaired) electrons. The maximum absolute atomic E-state index is 12.1. The third-order valence-corrected chi connectivity index (χ3v) is 3.46. The van der Waals surface area contributed by atoms with Crippen molar-refractivity contribution in [3.05, 3.63) is 28.8 Å². The van der Waals surface area contributed by atoms with Gasteiger partial charge in [-0.1, -0.05) is 11.6 Å². The van der Waals surface area contributed by atoms with Gasteiger partial charge < -0.3 is 15.1 Å². The van der Waals surface area contributed by atoms with Crippen LogP contribution < -0.4 is 5.32 Å². The van der Waals surface area contributed by atoms with Gasteiger partial charge in [0.25, 0.3) is 0 Å². The van der Waals surface area contributed by atoms with Crippen LogP contribution in [0.4, 0.5) is 10.5 Å². The molecule has 0 spiro atoms. The topological polar surface area (TPSA) is 35.6 Å². The molecule has 2 rings (SSSR count). The summed E-state index contributed by atoms with van der Waals surface area (Å²) in [5.74, 6) is 0. The highest BCUT2D eigenvalue weighted by molar-refractivity contribution is 6.30. The molecule has 1 aromatic rings. The van der Waals surface area contributed by atoms with E-state index in [0.29, 0.717) is 5.02 Å². The van der Waals surface area contributed by atoms with Gasteiger partial charge in [-0.25, -0.2) is 4.79 Å².